The SMILES string of the molecule is C[C@@H]1CN(c2ncnc3c2C2(CCC2)CN3c2cc(C#N)cnn2)[C@@H](C)CN1C(=O)C12CC(CO1)C2. The summed E-state index contributed by atoms with van der Waals surface area (Å²) in [5.74, 6) is 3.21. The molecule has 6 aliphatic rings. The van der Waals surface area contributed by atoms with Gasteiger partial charge in [-0.25, -0.2) is 9.97 Å². The Labute approximate surface area is 210 Å². The quantitative estimate of drug-likeness (QED) is 0.645. The average Bonchev–Trinajstić information content (AvgIpc) is 3.56. The van der Waals surface area contributed by atoms with Crippen LogP contribution in [0.25, 0.3) is 0 Å². The van der Waals surface area contributed by atoms with E-state index in [1.807, 2.05) is 4.90 Å². The molecule has 4 aliphatic heterocycles. The molecule has 2 bridgehead atoms. The zero-order valence-electron chi connectivity index (χ0n) is 20.7. The van der Waals surface area contributed by atoms with E-state index in [0.717, 1.165) is 57.0 Å². The number of nitrogens with zero attached hydrogens (tertiary/aromatic N) is 8. The second-order valence-corrected chi connectivity index (χ2v) is 11.4. The van der Waals surface area contributed by atoms with Gasteiger partial charge in [0.05, 0.1) is 18.4 Å². The fraction of sp³-hybridized carbons (Fsp3) is 0.615. The molecule has 0 radical (unpaired) electrons. The molecule has 8 rings (SSSR count). The second-order valence-electron chi connectivity index (χ2n) is 11.4. The molecule has 2 saturated carbocycles. The van der Waals surface area contributed by atoms with Crippen molar-refractivity contribution in [1.29, 1.82) is 5.26 Å². The van der Waals surface area contributed by atoms with E-state index in [0.29, 0.717) is 23.8 Å². The molecule has 1 amide bonds. The predicted molar refractivity (Wildman–Crippen MR) is 131 cm³/mol. The summed E-state index contributed by atoms with van der Waals surface area (Å²) in [5, 5.41) is 17.8. The van der Waals surface area contributed by atoms with Crippen molar-refractivity contribution in [2.45, 2.75) is 69.1 Å². The Morgan fingerprint density at radius 3 is 2.67 bits per heavy atom. The number of hydrogen-bond acceptors (Lipinski definition) is 9. The maximum atomic E-state index is 13.5. The Morgan fingerprint density at radius 1 is 1.17 bits per heavy atom. The van der Waals surface area contributed by atoms with Gasteiger partial charge in [-0.1, -0.05) is 6.42 Å². The van der Waals surface area contributed by atoms with Gasteiger partial charge in [-0.2, -0.15) is 10.4 Å². The van der Waals surface area contributed by atoms with E-state index in [1.54, 1.807) is 12.4 Å². The van der Waals surface area contributed by atoms with Crippen molar-refractivity contribution in [3.8, 4) is 6.07 Å². The minimum Gasteiger partial charge on any atom is -0.365 e. The fourth-order valence-electron chi connectivity index (χ4n) is 7.06. The zero-order chi connectivity index (χ0) is 24.7. The molecule has 2 aliphatic carbocycles. The van der Waals surface area contributed by atoms with E-state index < -0.39 is 5.60 Å². The molecule has 186 valence electrons. The summed E-state index contributed by atoms with van der Waals surface area (Å²) >= 11 is 0. The number of nitriles is 1. The Hall–Kier alpha value is -3.32. The fourth-order valence-corrected chi connectivity index (χ4v) is 7.06. The van der Waals surface area contributed by atoms with Crippen LogP contribution in [-0.2, 0) is 14.9 Å². The molecule has 10 nitrogen and oxygen atoms in total. The first kappa shape index (κ1) is 21.9. The standard InChI is InChI=1S/C26H30N8O2/c1-16-12-33(24(35)26-7-19(8-26)13-36-26)17(2)11-32(16)22-21-23(29-15-28-22)34(14-25(21)4-3-5-25)20-6-18(9-27)10-30-31-20/h6,10,15-17,19H,3-5,7-8,11-14H2,1-2H3/t16-,17+,19?,26?/m0/s1. The van der Waals surface area contributed by atoms with Crippen LogP contribution in [0.4, 0.5) is 17.5 Å². The Kier molecular flexibility index (Phi) is 4.62. The van der Waals surface area contributed by atoms with E-state index in [-0.39, 0.29) is 23.4 Å². The summed E-state index contributed by atoms with van der Waals surface area (Å²) in [6.45, 7) is 7.17. The Balaban J connectivity index is 1.22. The van der Waals surface area contributed by atoms with Crippen molar-refractivity contribution in [2.24, 2.45) is 5.92 Å². The van der Waals surface area contributed by atoms with Gasteiger partial charge in [-0.15, -0.1) is 5.10 Å². The number of rotatable bonds is 3. The van der Waals surface area contributed by atoms with Gasteiger partial charge in [0.25, 0.3) is 5.91 Å². The topological polar surface area (TPSA) is 111 Å². The monoisotopic (exact) mass is 486 g/mol. The van der Waals surface area contributed by atoms with Crippen molar-refractivity contribution in [1.82, 2.24) is 25.1 Å². The molecule has 2 atom stereocenters. The minimum absolute atomic E-state index is 0.0240. The Morgan fingerprint density at radius 2 is 1.97 bits per heavy atom. The highest BCUT2D eigenvalue weighted by molar-refractivity contribution is 5.87. The molecule has 2 aromatic rings. The van der Waals surface area contributed by atoms with Crippen molar-refractivity contribution in [3.05, 3.63) is 29.7 Å². The van der Waals surface area contributed by atoms with Crippen LogP contribution in [-0.4, -0.2) is 74.9 Å². The van der Waals surface area contributed by atoms with Gasteiger partial charge >= 0.3 is 0 Å². The van der Waals surface area contributed by atoms with E-state index in [4.69, 9.17) is 14.7 Å². The maximum Gasteiger partial charge on any atom is 0.255 e. The molecule has 0 unspecified atom stereocenters. The molecule has 1 spiro atoms. The third-order valence-corrected chi connectivity index (χ3v) is 9.15. The van der Waals surface area contributed by atoms with Crippen LogP contribution in [0.1, 0.15) is 57.1 Å². The van der Waals surface area contributed by atoms with Gasteiger partial charge in [-0.3, -0.25) is 4.79 Å². The summed E-state index contributed by atoms with van der Waals surface area (Å²) in [6.07, 6.45) is 8.19. The lowest BCUT2D eigenvalue weighted by Crippen LogP contribution is -2.64. The first-order chi connectivity index (χ1) is 17.4. The number of aromatic nitrogens is 4. The third kappa shape index (κ3) is 2.95. The van der Waals surface area contributed by atoms with Gasteiger partial charge in [0.15, 0.2) is 5.82 Å². The number of piperazine rings is 1. The van der Waals surface area contributed by atoms with Gasteiger partial charge in [-0.05, 0) is 45.4 Å². The first-order valence-electron chi connectivity index (χ1n) is 13.0. The molecule has 5 fully saturated rings. The largest absolute Gasteiger partial charge is 0.365 e. The normalized spacial score (nSPS) is 31.6. The minimum atomic E-state index is -0.563. The molecule has 0 aromatic carbocycles. The number of hydrogen-bond donors (Lipinski definition) is 0. The number of ether oxygens (including phenoxy) is 1. The molecular formula is C26H30N8O2. The van der Waals surface area contributed by atoms with Crippen molar-refractivity contribution in [2.75, 3.05) is 36.0 Å². The van der Waals surface area contributed by atoms with Crippen molar-refractivity contribution < 1.29 is 9.53 Å². The van der Waals surface area contributed by atoms with Gasteiger partial charge < -0.3 is 19.4 Å². The smallest absolute Gasteiger partial charge is 0.255 e. The summed E-state index contributed by atoms with van der Waals surface area (Å²) in [5.41, 5.74) is 1.08. The zero-order valence-corrected chi connectivity index (χ0v) is 20.7. The lowest BCUT2D eigenvalue weighted by molar-refractivity contribution is -0.158. The van der Waals surface area contributed by atoms with E-state index in [2.05, 4.69) is 39.9 Å². The molecule has 2 aromatic heterocycles. The Bertz CT molecular complexity index is 1280. The highest BCUT2D eigenvalue weighted by Gasteiger charge is 2.59. The molecule has 36 heavy (non-hydrogen) atoms. The molecule has 3 saturated heterocycles. The summed E-state index contributed by atoms with van der Waals surface area (Å²) in [6, 6.07) is 4.12. The summed E-state index contributed by atoms with van der Waals surface area (Å²) in [4.78, 5) is 29.5. The van der Waals surface area contributed by atoms with Crippen molar-refractivity contribution >= 4 is 23.4 Å². The van der Waals surface area contributed by atoms with Crippen LogP contribution in [0.2, 0.25) is 0 Å². The van der Waals surface area contributed by atoms with Gasteiger partial charge in [0.1, 0.15) is 29.6 Å². The molecule has 0 N–H and O–H groups in total. The van der Waals surface area contributed by atoms with E-state index in [1.165, 1.54) is 18.2 Å². The predicted octanol–water partition coefficient (Wildman–Crippen LogP) is 2.32. The summed E-state index contributed by atoms with van der Waals surface area (Å²) < 4.78 is 5.94. The lowest BCUT2D eigenvalue weighted by Gasteiger charge is -2.49. The van der Waals surface area contributed by atoms with Crippen LogP contribution < -0.4 is 9.80 Å². The van der Waals surface area contributed by atoms with Crippen LogP contribution in [0.15, 0.2) is 18.6 Å². The number of fused-ring (bicyclic) bond motifs is 3. The molecule has 10 heteroatoms. The number of anilines is 3. The van der Waals surface area contributed by atoms with Crippen molar-refractivity contribution in [3.63, 3.8) is 0 Å². The van der Waals surface area contributed by atoms with Gasteiger partial charge in [0.2, 0.25) is 0 Å². The first-order valence-corrected chi connectivity index (χ1v) is 13.0. The maximum absolute atomic E-state index is 13.5. The van der Waals surface area contributed by atoms with Crippen LogP contribution in [0.5, 0.6) is 0 Å². The van der Waals surface area contributed by atoms with E-state index >= 15 is 0 Å². The number of carbonyl (C=O) groups is 1. The molecular weight excluding hydrogens is 456 g/mol. The average molecular weight is 487 g/mol. The third-order valence-electron chi connectivity index (χ3n) is 9.15. The van der Waals surface area contributed by atoms with Crippen LogP contribution in [0, 0.1) is 17.2 Å². The van der Waals surface area contributed by atoms with Gasteiger partial charge in [0, 0.05) is 48.8 Å². The lowest BCUT2D eigenvalue weighted by atomic mass is 9.66. The second kappa shape index (κ2) is 7.59. The van der Waals surface area contributed by atoms with Crippen LogP contribution in [0.3, 0.4) is 0 Å². The number of amides is 1. The highest BCUT2D eigenvalue weighted by atomic mass is 16.5. The molecule has 6 heterocycles. The van der Waals surface area contributed by atoms with Crippen LogP contribution >= 0.6 is 0 Å². The van der Waals surface area contributed by atoms with E-state index in [9.17, 15) is 10.1 Å². The highest BCUT2D eigenvalue weighted by Crippen LogP contribution is 2.56. The summed E-state index contributed by atoms with van der Waals surface area (Å²) in [7, 11) is 0. The number of carbonyl (C=O) groups excluding carboxylic acids is 1.